The molecule has 21 heavy (non-hydrogen) atoms. The van der Waals surface area contributed by atoms with Crippen molar-refractivity contribution in [2.24, 2.45) is 0 Å². The molecule has 0 amide bonds. The average molecular weight is 301 g/mol. The second kappa shape index (κ2) is 8.99. The molecule has 2 aromatic heterocycles. The van der Waals surface area contributed by atoms with Crippen molar-refractivity contribution in [3.8, 4) is 10.4 Å². The SMILES string of the molecule is CCCCCCc1ccc(-c2ccc(CCCC)s2)cn1. The fourth-order valence-corrected chi connectivity index (χ4v) is 3.51. The molecule has 0 bridgehead atoms. The van der Waals surface area contributed by atoms with Crippen molar-refractivity contribution in [1.82, 2.24) is 4.98 Å². The number of rotatable bonds is 9. The van der Waals surface area contributed by atoms with Crippen LogP contribution in [0.3, 0.4) is 0 Å². The maximum Gasteiger partial charge on any atom is 0.0404 e. The largest absolute Gasteiger partial charge is 0.261 e. The van der Waals surface area contributed by atoms with Gasteiger partial charge in [-0.05, 0) is 43.9 Å². The minimum Gasteiger partial charge on any atom is -0.261 e. The molecule has 1 nitrogen and oxygen atoms in total. The average Bonchev–Trinajstić information content (AvgIpc) is 2.99. The number of aromatic nitrogens is 1. The summed E-state index contributed by atoms with van der Waals surface area (Å²) in [4.78, 5) is 7.48. The van der Waals surface area contributed by atoms with Gasteiger partial charge in [0.2, 0.25) is 0 Å². The summed E-state index contributed by atoms with van der Waals surface area (Å²) in [7, 11) is 0. The van der Waals surface area contributed by atoms with Crippen LogP contribution in [0.5, 0.6) is 0 Å². The highest BCUT2D eigenvalue weighted by Crippen LogP contribution is 2.28. The minimum absolute atomic E-state index is 1.12. The summed E-state index contributed by atoms with van der Waals surface area (Å²) in [6, 6.07) is 8.95. The van der Waals surface area contributed by atoms with Crippen molar-refractivity contribution in [1.29, 1.82) is 0 Å². The van der Waals surface area contributed by atoms with Gasteiger partial charge in [0.25, 0.3) is 0 Å². The molecular formula is C19H27NS. The molecular weight excluding hydrogens is 274 g/mol. The van der Waals surface area contributed by atoms with E-state index in [9.17, 15) is 0 Å². The molecule has 0 saturated carbocycles. The summed E-state index contributed by atoms with van der Waals surface area (Å²) in [5.41, 5.74) is 2.50. The highest BCUT2D eigenvalue weighted by Gasteiger charge is 2.04. The molecule has 0 atom stereocenters. The molecule has 0 aliphatic carbocycles. The summed E-state index contributed by atoms with van der Waals surface area (Å²) in [5.74, 6) is 0. The van der Waals surface area contributed by atoms with E-state index in [0.29, 0.717) is 0 Å². The van der Waals surface area contributed by atoms with Gasteiger partial charge in [0.1, 0.15) is 0 Å². The lowest BCUT2D eigenvalue weighted by Gasteiger charge is -2.02. The lowest BCUT2D eigenvalue weighted by atomic mass is 10.1. The van der Waals surface area contributed by atoms with Gasteiger partial charge in [-0.1, -0.05) is 45.6 Å². The molecule has 0 N–H and O–H groups in total. The molecule has 0 aliphatic heterocycles. The normalized spacial score (nSPS) is 11.0. The number of nitrogens with zero attached hydrogens (tertiary/aromatic N) is 1. The number of thiophene rings is 1. The van der Waals surface area contributed by atoms with Gasteiger partial charge in [0.05, 0.1) is 0 Å². The lowest BCUT2D eigenvalue weighted by molar-refractivity contribution is 0.661. The fraction of sp³-hybridized carbons (Fsp3) is 0.526. The number of aryl methyl sites for hydroxylation is 2. The van der Waals surface area contributed by atoms with E-state index in [1.165, 1.54) is 66.0 Å². The monoisotopic (exact) mass is 301 g/mol. The van der Waals surface area contributed by atoms with E-state index in [2.05, 4.69) is 43.1 Å². The molecule has 2 aromatic rings. The van der Waals surface area contributed by atoms with E-state index in [4.69, 9.17) is 0 Å². The Hall–Kier alpha value is -1.15. The predicted octanol–water partition coefficient (Wildman–Crippen LogP) is 6.28. The Bertz CT molecular complexity index is 513. The smallest absolute Gasteiger partial charge is 0.0404 e. The van der Waals surface area contributed by atoms with Gasteiger partial charge in [-0.25, -0.2) is 0 Å². The quantitative estimate of drug-likeness (QED) is 0.497. The summed E-state index contributed by atoms with van der Waals surface area (Å²) < 4.78 is 0. The van der Waals surface area contributed by atoms with Crippen LogP contribution in [-0.4, -0.2) is 4.98 Å². The Kier molecular flexibility index (Phi) is 6.94. The summed E-state index contributed by atoms with van der Waals surface area (Å²) >= 11 is 1.92. The summed E-state index contributed by atoms with van der Waals surface area (Å²) in [6.45, 7) is 4.50. The Labute approximate surface area is 133 Å². The molecule has 0 fully saturated rings. The number of hydrogen-bond donors (Lipinski definition) is 0. The van der Waals surface area contributed by atoms with Crippen LogP contribution in [0.2, 0.25) is 0 Å². The van der Waals surface area contributed by atoms with Crippen LogP contribution >= 0.6 is 11.3 Å². The highest BCUT2D eigenvalue weighted by atomic mass is 32.1. The molecule has 0 radical (unpaired) electrons. The van der Waals surface area contributed by atoms with Crippen molar-refractivity contribution in [3.63, 3.8) is 0 Å². The highest BCUT2D eigenvalue weighted by molar-refractivity contribution is 7.15. The zero-order chi connectivity index (χ0) is 14.9. The topological polar surface area (TPSA) is 12.9 Å². The van der Waals surface area contributed by atoms with E-state index in [1.807, 2.05) is 17.5 Å². The van der Waals surface area contributed by atoms with E-state index in [0.717, 1.165) is 6.42 Å². The van der Waals surface area contributed by atoms with Gasteiger partial charge in [-0.2, -0.15) is 0 Å². The fourth-order valence-electron chi connectivity index (χ4n) is 2.47. The van der Waals surface area contributed by atoms with Gasteiger partial charge in [0, 0.05) is 27.2 Å². The van der Waals surface area contributed by atoms with E-state index >= 15 is 0 Å². The molecule has 0 spiro atoms. The zero-order valence-electron chi connectivity index (χ0n) is 13.4. The van der Waals surface area contributed by atoms with Crippen LogP contribution in [-0.2, 0) is 12.8 Å². The van der Waals surface area contributed by atoms with Crippen molar-refractivity contribution in [2.75, 3.05) is 0 Å². The van der Waals surface area contributed by atoms with Crippen molar-refractivity contribution in [2.45, 2.75) is 65.2 Å². The Morgan fingerprint density at radius 2 is 1.71 bits per heavy atom. The third-order valence-electron chi connectivity index (χ3n) is 3.83. The standard InChI is InChI=1S/C19H27NS/c1-3-5-7-8-9-17-12-11-16(15-20-17)19-14-13-18(21-19)10-6-4-2/h11-15H,3-10H2,1-2H3. The zero-order valence-corrected chi connectivity index (χ0v) is 14.2. The van der Waals surface area contributed by atoms with Crippen LogP contribution in [0.25, 0.3) is 10.4 Å². The van der Waals surface area contributed by atoms with Crippen LogP contribution in [0, 0.1) is 0 Å². The van der Waals surface area contributed by atoms with Gasteiger partial charge in [-0.15, -0.1) is 11.3 Å². The molecule has 0 unspecified atom stereocenters. The van der Waals surface area contributed by atoms with Gasteiger partial charge < -0.3 is 0 Å². The van der Waals surface area contributed by atoms with E-state index in [-0.39, 0.29) is 0 Å². The van der Waals surface area contributed by atoms with Crippen LogP contribution < -0.4 is 0 Å². The molecule has 0 aliphatic rings. The second-order valence-corrected chi connectivity index (χ2v) is 6.89. The first kappa shape index (κ1) is 16.2. The molecule has 2 rings (SSSR count). The second-order valence-electron chi connectivity index (χ2n) is 5.72. The van der Waals surface area contributed by atoms with Gasteiger partial charge >= 0.3 is 0 Å². The predicted molar refractivity (Wildman–Crippen MR) is 94.0 cm³/mol. The third kappa shape index (κ3) is 5.28. The molecule has 2 heteroatoms. The maximum atomic E-state index is 4.63. The first-order valence-electron chi connectivity index (χ1n) is 8.37. The van der Waals surface area contributed by atoms with Crippen LogP contribution in [0.1, 0.15) is 62.9 Å². The van der Waals surface area contributed by atoms with E-state index < -0.39 is 0 Å². The Morgan fingerprint density at radius 1 is 0.857 bits per heavy atom. The molecule has 114 valence electrons. The summed E-state index contributed by atoms with van der Waals surface area (Å²) in [5, 5.41) is 0. The van der Waals surface area contributed by atoms with Gasteiger partial charge in [0.15, 0.2) is 0 Å². The van der Waals surface area contributed by atoms with Crippen LogP contribution in [0.15, 0.2) is 30.5 Å². The first-order valence-corrected chi connectivity index (χ1v) is 9.19. The van der Waals surface area contributed by atoms with Crippen molar-refractivity contribution < 1.29 is 0 Å². The minimum atomic E-state index is 1.12. The molecule has 0 aromatic carbocycles. The van der Waals surface area contributed by atoms with Crippen molar-refractivity contribution in [3.05, 3.63) is 41.0 Å². The van der Waals surface area contributed by atoms with Crippen LogP contribution in [0.4, 0.5) is 0 Å². The number of unbranched alkanes of at least 4 members (excludes halogenated alkanes) is 4. The van der Waals surface area contributed by atoms with Crippen molar-refractivity contribution >= 4 is 11.3 Å². The summed E-state index contributed by atoms with van der Waals surface area (Å²) in [6.07, 6.45) is 12.2. The number of hydrogen-bond acceptors (Lipinski definition) is 2. The first-order chi connectivity index (χ1) is 10.3. The molecule has 2 heterocycles. The van der Waals surface area contributed by atoms with Gasteiger partial charge in [-0.3, -0.25) is 4.98 Å². The lowest BCUT2D eigenvalue weighted by Crippen LogP contribution is -1.90. The van der Waals surface area contributed by atoms with E-state index in [1.54, 1.807) is 0 Å². The Morgan fingerprint density at radius 3 is 2.43 bits per heavy atom. The molecule has 0 saturated heterocycles. The maximum absolute atomic E-state index is 4.63. The third-order valence-corrected chi connectivity index (χ3v) is 5.03. The number of pyridine rings is 1. The Balaban J connectivity index is 1.90.